The Bertz CT molecular complexity index is 796. The van der Waals surface area contributed by atoms with Crippen LogP contribution in [0.1, 0.15) is 74.9 Å². The molecule has 2 nitrogen and oxygen atoms in total. The quantitative estimate of drug-likeness (QED) is 0.492. The third kappa shape index (κ3) is 4.58. The highest BCUT2D eigenvalue weighted by Crippen LogP contribution is 2.60. The Morgan fingerprint density at radius 3 is 2.10 bits per heavy atom. The van der Waals surface area contributed by atoms with E-state index in [2.05, 4.69) is 60.3 Å². The summed E-state index contributed by atoms with van der Waals surface area (Å²) in [6, 6.07) is 3.76. The smallest absolute Gasteiger partial charge is 0.345 e. The summed E-state index contributed by atoms with van der Waals surface area (Å²) >= 11 is 1.42. The summed E-state index contributed by atoms with van der Waals surface area (Å²) in [6.07, 6.45) is 7.70. The lowest BCUT2D eigenvalue weighted by Gasteiger charge is -2.58. The maximum absolute atomic E-state index is 11.3. The van der Waals surface area contributed by atoms with Crippen LogP contribution >= 0.6 is 11.3 Å². The van der Waals surface area contributed by atoms with Gasteiger partial charge >= 0.3 is 5.97 Å². The van der Waals surface area contributed by atoms with E-state index in [1.807, 2.05) is 6.07 Å². The van der Waals surface area contributed by atoms with Gasteiger partial charge in [-0.05, 0) is 78.4 Å². The largest absolute Gasteiger partial charge is 0.477 e. The lowest BCUT2D eigenvalue weighted by molar-refractivity contribution is -0.0686. The third-order valence-electron chi connectivity index (χ3n) is 8.13. The van der Waals surface area contributed by atoms with Gasteiger partial charge in [-0.25, -0.2) is 4.79 Å². The zero-order chi connectivity index (χ0) is 21.8. The van der Waals surface area contributed by atoms with Gasteiger partial charge in [-0.1, -0.05) is 59.5 Å². The van der Waals surface area contributed by atoms with Crippen LogP contribution in [0.2, 0.25) is 19.6 Å². The van der Waals surface area contributed by atoms with Crippen molar-refractivity contribution in [2.24, 2.45) is 34.5 Å². The zero-order valence-electron chi connectivity index (χ0n) is 19.6. The van der Waals surface area contributed by atoms with Crippen molar-refractivity contribution in [1.82, 2.24) is 0 Å². The summed E-state index contributed by atoms with van der Waals surface area (Å²) in [6.45, 7) is 19.9. The summed E-state index contributed by atoms with van der Waals surface area (Å²) in [5.41, 5.74) is 0.870. The molecule has 0 spiro atoms. The van der Waals surface area contributed by atoms with E-state index >= 15 is 0 Å². The molecule has 1 aromatic rings. The van der Waals surface area contributed by atoms with Crippen molar-refractivity contribution >= 4 is 31.5 Å². The number of hydrogen-bond donors (Lipinski definition) is 1. The Morgan fingerprint density at radius 2 is 1.62 bits per heavy atom. The van der Waals surface area contributed by atoms with Gasteiger partial charge in [0.2, 0.25) is 0 Å². The second-order valence-electron chi connectivity index (χ2n) is 12.1. The number of hydrogen-bond acceptors (Lipinski definition) is 2. The molecule has 2 aliphatic rings. The first-order valence-corrected chi connectivity index (χ1v) is 15.6. The van der Waals surface area contributed by atoms with Crippen molar-refractivity contribution in [3.05, 3.63) is 27.1 Å². The van der Waals surface area contributed by atoms with Gasteiger partial charge in [-0.15, -0.1) is 11.3 Å². The fraction of sp³-hybridized carbons (Fsp3) is 0.720. The first-order chi connectivity index (χ1) is 13.2. The molecule has 0 amide bonds. The van der Waals surface area contributed by atoms with E-state index in [1.165, 1.54) is 37.0 Å². The lowest BCUT2D eigenvalue weighted by Crippen LogP contribution is -2.50. The topological polar surface area (TPSA) is 37.3 Å². The van der Waals surface area contributed by atoms with Crippen LogP contribution in [0.3, 0.4) is 0 Å². The summed E-state index contributed by atoms with van der Waals surface area (Å²) in [4.78, 5) is 12.9. The molecule has 4 atom stereocenters. The molecule has 0 radical (unpaired) electrons. The fourth-order valence-electron chi connectivity index (χ4n) is 6.15. The molecule has 1 N–H and O–H groups in total. The number of thiophene rings is 1. The Balaban J connectivity index is 1.98. The van der Waals surface area contributed by atoms with Gasteiger partial charge in [0.05, 0.1) is 8.07 Å². The van der Waals surface area contributed by atoms with Crippen molar-refractivity contribution in [2.45, 2.75) is 79.9 Å². The van der Waals surface area contributed by atoms with Crippen LogP contribution in [0.5, 0.6) is 0 Å². The third-order valence-corrected chi connectivity index (χ3v) is 11.4. The van der Waals surface area contributed by atoms with Crippen LogP contribution in [0.15, 0.2) is 17.3 Å². The number of carboxylic acid groups (broad SMARTS) is 1. The van der Waals surface area contributed by atoms with Crippen LogP contribution in [-0.2, 0) is 0 Å². The molecule has 0 aromatic carbocycles. The van der Waals surface area contributed by atoms with Crippen molar-refractivity contribution < 1.29 is 9.90 Å². The predicted octanol–water partition coefficient (Wildman–Crippen LogP) is 7.83. The average Bonchev–Trinajstić information content (AvgIpc) is 3.05. The molecule has 0 bridgehead atoms. The Kier molecular flexibility index (Phi) is 6.03. The fourth-order valence-corrected chi connectivity index (χ4v) is 9.16. The van der Waals surface area contributed by atoms with E-state index in [4.69, 9.17) is 0 Å². The minimum Gasteiger partial charge on any atom is -0.477 e. The zero-order valence-corrected chi connectivity index (χ0v) is 21.5. The maximum Gasteiger partial charge on any atom is 0.345 e. The van der Waals surface area contributed by atoms with Crippen molar-refractivity contribution in [1.29, 1.82) is 0 Å². The van der Waals surface area contributed by atoms with Gasteiger partial charge in [0.1, 0.15) is 4.88 Å². The van der Waals surface area contributed by atoms with Gasteiger partial charge in [0, 0.05) is 4.88 Å². The van der Waals surface area contributed by atoms with Crippen molar-refractivity contribution in [3.63, 3.8) is 0 Å². The summed E-state index contributed by atoms with van der Waals surface area (Å²) < 4.78 is 0. The number of fused-ring (bicyclic) bond motifs is 1. The molecule has 4 unspecified atom stereocenters. The molecule has 0 saturated heterocycles. The highest BCUT2D eigenvalue weighted by atomic mass is 32.1. The monoisotopic (exact) mass is 432 g/mol. The first kappa shape index (κ1) is 22.8. The molecule has 2 aliphatic carbocycles. The molecular formula is C25H40O2SSi. The molecule has 29 heavy (non-hydrogen) atoms. The van der Waals surface area contributed by atoms with Crippen LogP contribution in [0, 0.1) is 34.5 Å². The molecule has 162 valence electrons. The molecule has 2 fully saturated rings. The molecule has 1 heterocycles. The van der Waals surface area contributed by atoms with Crippen LogP contribution < -0.4 is 0 Å². The van der Waals surface area contributed by atoms with Crippen LogP contribution in [0.4, 0.5) is 0 Å². The average molecular weight is 433 g/mol. The lowest BCUT2D eigenvalue weighted by atomic mass is 9.48. The van der Waals surface area contributed by atoms with E-state index in [-0.39, 0.29) is 0 Å². The molecular weight excluding hydrogens is 392 g/mol. The maximum atomic E-state index is 11.3. The van der Waals surface area contributed by atoms with Crippen molar-refractivity contribution in [2.75, 3.05) is 0 Å². The second-order valence-corrected chi connectivity index (χ2v) is 18.3. The Morgan fingerprint density at radius 1 is 1.07 bits per heavy atom. The van der Waals surface area contributed by atoms with E-state index in [1.54, 1.807) is 11.3 Å². The number of allylic oxidation sites excluding steroid dienone is 1. The second kappa shape index (κ2) is 7.67. The number of rotatable bonds is 4. The number of carboxylic acids is 1. The predicted molar refractivity (Wildman–Crippen MR) is 128 cm³/mol. The Hall–Kier alpha value is -0.873. The minimum atomic E-state index is -1.53. The van der Waals surface area contributed by atoms with Gasteiger partial charge < -0.3 is 5.11 Å². The van der Waals surface area contributed by atoms with Crippen LogP contribution in [0.25, 0.3) is 6.08 Å². The number of carbonyl (C=O) groups is 1. The Labute approximate surface area is 182 Å². The molecule has 0 aliphatic heterocycles. The van der Waals surface area contributed by atoms with E-state index in [9.17, 15) is 9.90 Å². The molecule has 2 saturated carbocycles. The molecule has 1 aromatic heterocycles. The minimum absolute atomic E-state index is 0.419. The normalized spacial score (nSPS) is 31.9. The highest BCUT2D eigenvalue weighted by molar-refractivity contribution is 7.14. The van der Waals surface area contributed by atoms with Gasteiger partial charge in [-0.2, -0.15) is 0 Å². The highest BCUT2D eigenvalue weighted by Gasteiger charge is 2.52. The summed E-state index contributed by atoms with van der Waals surface area (Å²) in [5, 5.41) is 11.0. The van der Waals surface area contributed by atoms with E-state index < -0.39 is 14.0 Å². The van der Waals surface area contributed by atoms with E-state index in [0.29, 0.717) is 27.5 Å². The number of aromatic carboxylic acids is 1. The molecule has 3 rings (SSSR count). The summed E-state index contributed by atoms with van der Waals surface area (Å²) in [7, 11) is -1.53. The standard InChI is InChI=1S/C25H40O2SSi/c1-16-13-19-20(25(4,5)12-11-24(19,2)3)15-18(16)22(29(6,7)8)14-17-9-10-21(28-17)23(26)27/h9-10,14,16,18-20H,11-13,15H2,1-8H3,(H,26,27). The molecule has 4 heteroatoms. The van der Waals surface area contributed by atoms with Gasteiger partial charge in [0.15, 0.2) is 0 Å². The van der Waals surface area contributed by atoms with E-state index in [0.717, 1.165) is 16.7 Å². The van der Waals surface area contributed by atoms with Gasteiger partial charge in [0.25, 0.3) is 0 Å². The first-order valence-electron chi connectivity index (χ1n) is 11.3. The van der Waals surface area contributed by atoms with Crippen molar-refractivity contribution in [3.8, 4) is 0 Å². The van der Waals surface area contributed by atoms with Gasteiger partial charge in [-0.3, -0.25) is 0 Å². The van der Waals surface area contributed by atoms with Crippen LogP contribution in [-0.4, -0.2) is 19.1 Å². The SMILES string of the molecule is CC1CC2C(CC1C(=Cc1ccc(C(=O)O)s1)[Si](C)(C)C)C(C)(C)CCC2(C)C. The summed E-state index contributed by atoms with van der Waals surface area (Å²) in [5.74, 6) is 2.11.